The maximum absolute atomic E-state index is 12.2. The van der Waals surface area contributed by atoms with Crippen LogP contribution in [-0.2, 0) is 14.9 Å². The molecule has 0 bridgehead atoms. The van der Waals surface area contributed by atoms with Crippen LogP contribution in [0, 0.1) is 0 Å². The fourth-order valence-corrected chi connectivity index (χ4v) is 6.16. The molecule has 5 rings (SSSR count). The number of likely N-dealkylation sites (tertiary alicyclic amines) is 1. The first-order chi connectivity index (χ1) is 15.7. The number of carbonyl (C=O) groups is 1. The highest BCUT2D eigenvalue weighted by Crippen LogP contribution is 2.59. The highest BCUT2D eigenvalue weighted by molar-refractivity contribution is 6.36. The minimum atomic E-state index is -0.443. The van der Waals surface area contributed by atoms with E-state index in [9.17, 15) is 4.79 Å². The van der Waals surface area contributed by atoms with E-state index < -0.39 is 5.60 Å². The molecular formula is C27H31Cl2NO3. The Morgan fingerprint density at radius 1 is 1.12 bits per heavy atom. The van der Waals surface area contributed by atoms with Crippen molar-refractivity contribution < 1.29 is 14.3 Å². The van der Waals surface area contributed by atoms with Crippen molar-refractivity contribution in [1.29, 1.82) is 0 Å². The molecule has 1 saturated heterocycles. The van der Waals surface area contributed by atoms with Crippen LogP contribution in [0.4, 0.5) is 0 Å². The lowest BCUT2D eigenvalue weighted by atomic mass is 9.74. The Kier molecular flexibility index (Phi) is 5.91. The molecule has 1 saturated carbocycles. The lowest BCUT2D eigenvalue weighted by molar-refractivity contribution is -0.156. The van der Waals surface area contributed by atoms with E-state index in [-0.39, 0.29) is 11.4 Å². The largest absolute Gasteiger partial charge is 0.492 e. The van der Waals surface area contributed by atoms with Crippen LogP contribution in [0.1, 0.15) is 68.6 Å². The molecule has 2 aliphatic heterocycles. The average Bonchev–Trinajstić information content (AvgIpc) is 3.44. The van der Waals surface area contributed by atoms with E-state index >= 15 is 0 Å². The molecule has 0 aromatic heterocycles. The van der Waals surface area contributed by atoms with Gasteiger partial charge in [0.2, 0.25) is 0 Å². The summed E-state index contributed by atoms with van der Waals surface area (Å²) in [5.74, 6) is 1.67. The van der Waals surface area contributed by atoms with E-state index in [1.165, 1.54) is 11.1 Å². The Morgan fingerprint density at radius 2 is 1.82 bits per heavy atom. The Hall–Kier alpha value is -1.75. The van der Waals surface area contributed by atoms with Crippen molar-refractivity contribution in [3.05, 3.63) is 63.1 Å². The molecule has 0 N–H and O–H groups in total. The number of fused-ring (bicyclic) bond motifs is 2. The molecule has 1 aliphatic carbocycles. The summed E-state index contributed by atoms with van der Waals surface area (Å²) >= 11 is 12.9. The Morgan fingerprint density at radius 3 is 2.48 bits per heavy atom. The van der Waals surface area contributed by atoms with Gasteiger partial charge < -0.3 is 9.47 Å². The van der Waals surface area contributed by atoms with Gasteiger partial charge in [-0.2, -0.15) is 0 Å². The molecule has 4 nitrogen and oxygen atoms in total. The van der Waals surface area contributed by atoms with Crippen molar-refractivity contribution in [3.63, 3.8) is 0 Å². The normalized spacial score (nSPS) is 23.8. The van der Waals surface area contributed by atoms with Gasteiger partial charge in [0.15, 0.2) is 0 Å². The zero-order valence-electron chi connectivity index (χ0n) is 19.5. The maximum atomic E-state index is 12.2. The molecule has 3 aliphatic rings. The molecule has 0 amide bonds. The molecule has 2 atom stereocenters. The summed E-state index contributed by atoms with van der Waals surface area (Å²) in [7, 11) is 0. The highest BCUT2D eigenvalue weighted by atomic mass is 35.5. The van der Waals surface area contributed by atoms with E-state index in [1.54, 1.807) is 0 Å². The number of nitrogens with zero attached hydrogens (tertiary/aromatic N) is 1. The summed E-state index contributed by atoms with van der Waals surface area (Å²) in [5, 5.41) is 1.51. The predicted octanol–water partition coefficient (Wildman–Crippen LogP) is 6.33. The molecule has 2 aromatic carbocycles. The molecular weight excluding hydrogens is 457 g/mol. The first-order valence-electron chi connectivity index (χ1n) is 11.8. The quantitative estimate of drug-likeness (QED) is 0.472. The number of carbonyl (C=O) groups excluding carboxylic acids is 1. The SMILES string of the molecule is CC(C)(C)OC(=O)CN1CCC2(CC1)COc1cc(C3CC3c3c(Cl)cccc3Cl)ccc12. The van der Waals surface area contributed by atoms with Gasteiger partial charge in [-0.05, 0) is 94.3 Å². The van der Waals surface area contributed by atoms with E-state index in [2.05, 4.69) is 23.1 Å². The number of hydrogen-bond acceptors (Lipinski definition) is 4. The van der Waals surface area contributed by atoms with Gasteiger partial charge in [-0.25, -0.2) is 0 Å². The van der Waals surface area contributed by atoms with Gasteiger partial charge in [0.1, 0.15) is 11.4 Å². The summed E-state index contributed by atoms with van der Waals surface area (Å²) in [6, 6.07) is 12.5. The summed E-state index contributed by atoms with van der Waals surface area (Å²) < 4.78 is 11.7. The monoisotopic (exact) mass is 487 g/mol. The number of esters is 1. The molecule has 2 unspecified atom stereocenters. The number of ether oxygens (including phenoxy) is 2. The van der Waals surface area contributed by atoms with Gasteiger partial charge in [-0.3, -0.25) is 9.69 Å². The average molecular weight is 488 g/mol. The zero-order valence-corrected chi connectivity index (χ0v) is 21.0. The van der Waals surface area contributed by atoms with Crippen LogP contribution in [-0.4, -0.2) is 42.7 Å². The minimum absolute atomic E-state index is 0.0489. The number of rotatable bonds is 4. The van der Waals surface area contributed by atoms with E-state index in [0.717, 1.165) is 60.3 Å². The van der Waals surface area contributed by atoms with Crippen molar-refractivity contribution in [2.45, 2.75) is 62.9 Å². The van der Waals surface area contributed by atoms with Gasteiger partial charge >= 0.3 is 5.97 Å². The Bertz CT molecular complexity index is 1050. The highest BCUT2D eigenvalue weighted by Gasteiger charge is 2.46. The Labute approximate surface area is 206 Å². The summed E-state index contributed by atoms with van der Waals surface area (Å²) in [6.45, 7) is 8.54. The third-order valence-electron chi connectivity index (χ3n) is 7.26. The van der Waals surface area contributed by atoms with Gasteiger partial charge in [-0.15, -0.1) is 0 Å². The van der Waals surface area contributed by atoms with E-state index in [0.29, 0.717) is 18.4 Å². The van der Waals surface area contributed by atoms with Crippen molar-refractivity contribution in [1.82, 2.24) is 4.90 Å². The fraction of sp³-hybridized carbons (Fsp3) is 0.519. The standard InChI is InChI=1S/C27H31Cl2NO3/c1-26(2,3)33-24(31)15-30-11-9-27(10-12-30)16-32-23-13-17(7-8-20(23)27)18-14-19(18)25-21(28)5-4-6-22(25)29/h4-8,13,18-19H,9-12,14-16H2,1-3H3. The van der Waals surface area contributed by atoms with Crippen LogP contribution >= 0.6 is 23.2 Å². The molecule has 1 spiro atoms. The first-order valence-corrected chi connectivity index (χ1v) is 12.6. The molecule has 33 heavy (non-hydrogen) atoms. The van der Waals surface area contributed by atoms with Crippen molar-refractivity contribution in [2.24, 2.45) is 0 Å². The smallest absolute Gasteiger partial charge is 0.320 e. The van der Waals surface area contributed by atoms with Crippen molar-refractivity contribution >= 4 is 29.2 Å². The topological polar surface area (TPSA) is 38.8 Å². The minimum Gasteiger partial charge on any atom is -0.492 e. The second-order valence-corrected chi connectivity index (χ2v) is 11.6. The molecule has 2 heterocycles. The molecule has 2 aromatic rings. The van der Waals surface area contributed by atoms with Gasteiger partial charge in [0.05, 0.1) is 13.2 Å². The van der Waals surface area contributed by atoms with E-state index in [1.807, 2.05) is 39.0 Å². The van der Waals surface area contributed by atoms with Gasteiger partial charge in [0, 0.05) is 21.0 Å². The van der Waals surface area contributed by atoms with Crippen LogP contribution in [0.5, 0.6) is 5.75 Å². The summed E-state index contributed by atoms with van der Waals surface area (Å²) in [4.78, 5) is 14.4. The Balaban J connectivity index is 1.24. The number of benzene rings is 2. The number of hydrogen-bond donors (Lipinski definition) is 0. The van der Waals surface area contributed by atoms with Gasteiger partial charge in [-0.1, -0.05) is 41.4 Å². The van der Waals surface area contributed by atoms with E-state index in [4.69, 9.17) is 32.7 Å². The van der Waals surface area contributed by atoms with Crippen molar-refractivity contribution in [3.8, 4) is 5.75 Å². The van der Waals surface area contributed by atoms with Crippen LogP contribution in [0.25, 0.3) is 0 Å². The lowest BCUT2D eigenvalue weighted by Gasteiger charge is -2.38. The molecule has 0 radical (unpaired) electrons. The van der Waals surface area contributed by atoms with Gasteiger partial charge in [0.25, 0.3) is 0 Å². The number of piperidine rings is 1. The molecule has 176 valence electrons. The van der Waals surface area contributed by atoms with Crippen LogP contribution in [0.15, 0.2) is 36.4 Å². The maximum Gasteiger partial charge on any atom is 0.320 e. The fourth-order valence-electron chi connectivity index (χ4n) is 5.48. The zero-order chi connectivity index (χ0) is 23.4. The lowest BCUT2D eigenvalue weighted by Crippen LogP contribution is -2.46. The van der Waals surface area contributed by atoms with Crippen LogP contribution < -0.4 is 4.74 Å². The second-order valence-electron chi connectivity index (χ2n) is 10.8. The first kappa shape index (κ1) is 23.0. The second kappa shape index (κ2) is 8.48. The number of halogens is 2. The third-order valence-corrected chi connectivity index (χ3v) is 7.92. The predicted molar refractivity (Wildman–Crippen MR) is 132 cm³/mol. The third kappa shape index (κ3) is 4.62. The molecule has 6 heteroatoms. The van der Waals surface area contributed by atoms with Crippen molar-refractivity contribution in [2.75, 3.05) is 26.2 Å². The molecule has 2 fully saturated rings. The summed E-state index contributed by atoms with van der Waals surface area (Å²) in [5.41, 5.74) is 3.29. The van der Waals surface area contributed by atoms with Crippen LogP contribution in [0.3, 0.4) is 0 Å². The summed E-state index contributed by atoms with van der Waals surface area (Å²) in [6.07, 6.45) is 3.04. The van der Waals surface area contributed by atoms with Crippen LogP contribution in [0.2, 0.25) is 10.0 Å².